The van der Waals surface area contributed by atoms with Crippen LogP contribution in [-0.2, 0) is 10.0 Å². The van der Waals surface area contributed by atoms with Gasteiger partial charge in [0.25, 0.3) is 0 Å². The van der Waals surface area contributed by atoms with E-state index in [9.17, 15) is 8.42 Å². The number of hydrogen-bond acceptors (Lipinski definition) is 9. The largest absolute Gasteiger partial charge is 0.438 e. The van der Waals surface area contributed by atoms with E-state index >= 15 is 0 Å². The van der Waals surface area contributed by atoms with Crippen molar-refractivity contribution in [3.63, 3.8) is 0 Å². The van der Waals surface area contributed by atoms with Crippen molar-refractivity contribution < 1.29 is 13.2 Å². The second-order valence-electron chi connectivity index (χ2n) is 8.19. The van der Waals surface area contributed by atoms with Crippen LogP contribution >= 0.6 is 0 Å². The number of nitrogens with zero attached hydrogens (tertiary/aromatic N) is 2. The number of sulfonamides is 1. The Labute approximate surface area is 175 Å². The van der Waals surface area contributed by atoms with Crippen LogP contribution in [0, 0.1) is 5.92 Å². The topological polar surface area (TPSA) is 185 Å². The molecule has 1 aromatic carbocycles. The Kier molecular flexibility index (Phi) is 5.30. The lowest BCUT2D eigenvalue weighted by atomic mass is 9.79. The third-order valence-electron chi connectivity index (χ3n) is 5.91. The zero-order chi connectivity index (χ0) is 21.5. The molecule has 2 aromatic rings. The lowest BCUT2D eigenvalue weighted by molar-refractivity contribution is 0.0471. The molecule has 0 spiro atoms. The van der Waals surface area contributed by atoms with Crippen molar-refractivity contribution in [1.29, 1.82) is 0 Å². The molecule has 0 amide bonds. The number of benzene rings is 1. The fraction of sp³-hybridized carbons (Fsp3) is 0.474. The summed E-state index contributed by atoms with van der Waals surface area (Å²) in [7, 11) is -3.42. The number of primary sulfonamides is 1. The number of rotatable bonds is 4. The molecule has 1 fully saturated rings. The molecule has 0 radical (unpaired) electrons. The van der Waals surface area contributed by atoms with Gasteiger partial charge in [0.2, 0.25) is 21.8 Å². The molecular weight excluding hydrogens is 406 g/mol. The molecule has 162 valence electrons. The maximum Gasteiger partial charge on any atom is 0.245 e. The van der Waals surface area contributed by atoms with Gasteiger partial charge in [0, 0.05) is 0 Å². The first-order valence-corrected chi connectivity index (χ1v) is 11.6. The normalized spacial score (nSPS) is 25.6. The van der Waals surface area contributed by atoms with E-state index in [1.807, 2.05) is 12.1 Å². The molecule has 2 aliphatic rings. The van der Waals surface area contributed by atoms with Crippen molar-refractivity contribution in [3.8, 4) is 5.88 Å². The SMILES string of the molecule is Nc1ncnc2c1NC(c1ccc(C3CCC(CS(N)(=O)=O)CC3)cc1)C(N)(N)O2. The quantitative estimate of drug-likeness (QED) is 0.433. The molecule has 11 heteroatoms. The van der Waals surface area contributed by atoms with Crippen LogP contribution in [-0.4, -0.2) is 30.0 Å². The Morgan fingerprint density at radius 2 is 1.70 bits per heavy atom. The van der Waals surface area contributed by atoms with Gasteiger partial charge in [-0.15, -0.1) is 0 Å². The molecule has 0 bridgehead atoms. The number of ether oxygens (including phenoxy) is 1. The highest BCUT2D eigenvalue weighted by Gasteiger charge is 2.41. The van der Waals surface area contributed by atoms with Crippen molar-refractivity contribution in [2.75, 3.05) is 16.8 Å². The van der Waals surface area contributed by atoms with Crippen molar-refractivity contribution in [3.05, 3.63) is 41.7 Å². The average molecular weight is 434 g/mol. The zero-order valence-corrected chi connectivity index (χ0v) is 17.3. The monoisotopic (exact) mass is 433 g/mol. The van der Waals surface area contributed by atoms with E-state index in [1.165, 1.54) is 11.9 Å². The summed E-state index contributed by atoms with van der Waals surface area (Å²) in [6.07, 6.45) is 4.86. The fourth-order valence-electron chi connectivity index (χ4n) is 4.37. The van der Waals surface area contributed by atoms with E-state index in [1.54, 1.807) is 0 Å². The Hall–Kier alpha value is -2.47. The number of nitrogen functional groups attached to an aromatic ring is 1. The number of nitrogens with two attached hydrogens (primary N) is 4. The van der Waals surface area contributed by atoms with E-state index < -0.39 is 21.9 Å². The summed E-state index contributed by atoms with van der Waals surface area (Å²) >= 11 is 0. The number of anilines is 2. The maximum absolute atomic E-state index is 11.3. The van der Waals surface area contributed by atoms with Crippen LogP contribution in [0.4, 0.5) is 11.5 Å². The molecule has 9 N–H and O–H groups in total. The molecule has 30 heavy (non-hydrogen) atoms. The molecule has 4 rings (SSSR count). The molecule has 1 aliphatic carbocycles. The summed E-state index contributed by atoms with van der Waals surface area (Å²) < 4.78 is 28.3. The standard InChI is InChI=1S/C19H27N7O3S/c20-17-15-18(25-10-24-17)29-19(21,22)16(26-15)14-7-5-13(6-8-14)12-3-1-11(2-4-12)9-30(23,27)28/h5-8,10-12,16,26H,1-4,9,21-22H2,(H2,20,24,25)(H2,23,27,28). The Balaban J connectivity index is 1.47. The van der Waals surface area contributed by atoms with Crippen LogP contribution in [0.1, 0.15) is 48.8 Å². The predicted molar refractivity (Wildman–Crippen MR) is 114 cm³/mol. The number of fused-ring (bicyclic) bond motifs is 1. The van der Waals surface area contributed by atoms with Gasteiger partial charge in [-0.05, 0) is 48.6 Å². The van der Waals surface area contributed by atoms with Gasteiger partial charge in [-0.25, -0.2) is 18.5 Å². The summed E-state index contributed by atoms with van der Waals surface area (Å²) in [5.74, 6) is -0.445. The van der Waals surface area contributed by atoms with Crippen LogP contribution in [0.3, 0.4) is 0 Å². The highest BCUT2D eigenvalue weighted by Crippen LogP contribution is 2.40. The van der Waals surface area contributed by atoms with E-state index in [2.05, 4.69) is 27.4 Å². The number of aromatic nitrogens is 2. The van der Waals surface area contributed by atoms with Crippen molar-refractivity contribution in [1.82, 2.24) is 9.97 Å². The first-order chi connectivity index (χ1) is 14.1. The van der Waals surface area contributed by atoms with Crippen LogP contribution in [0.2, 0.25) is 0 Å². The van der Waals surface area contributed by atoms with Gasteiger partial charge in [0.1, 0.15) is 18.1 Å². The number of nitrogens with one attached hydrogen (secondary N) is 1. The molecule has 1 aromatic heterocycles. The Morgan fingerprint density at radius 1 is 1.07 bits per heavy atom. The second-order valence-corrected chi connectivity index (χ2v) is 9.84. The van der Waals surface area contributed by atoms with Crippen LogP contribution in [0.15, 0.2) is 30.6 Å². The van der Waals surface area contributed by atoms with Crippen LogP contribution in [0.5, 0.6) is 5.88 Å². The highest BCUT2D eigenvalue weighted by molar-refractivity contribution is 7.89. The second kappa shape index (κ2) is 7.65. The van der Waals surface area contributed by atoms with Gasteiger partial charge in [-0.2, -0.15) is 4.98 Å². The molecule has 1 aliphatic heterocycles. The van der Waals surface area contributed by atoms with E-state index in [-0.39, 0.29) is 23.4 Å². The van der Waals surface area contributed by atoms with Crippen molar-refractivity contribution in [2.24, 2.45) is 22.5 Å². The lowest BCUT2D eigenvalue weighted by Crippen LogP contribution is -2.63. The third kappa shape index (κ3) is 4.33. The summed E-state index contributed by atoms with van der Waals surface area (Å²) in [4.78, 5) is 7.99. The summed E-state index contributed by atoms with van der Waals surface area (Å²) in [6.45, 7) is 0. The van der Waals surface area contributed by atoms with Gasteiger partial charge >= 0.3 is 0 Å². The molecule has 0 saturated heterocycles. The maximum atomic E-state index is 11.3. The van der Waals surface area contributed by atoms with Gasteiger partial charge in [-0.3, -0.25) is 11.5 Å². The summed E-state index contributed by atoms with van der Waals surface area (Å²) in [5.41, 5.74) is 20.8. The first kappa shape index (κ1) is 20.8. The van der Waals surface area contributed by atoms with E-state index in [0.29, 0.717) is 11.6 Å². The summed E-state index contributed by atoms with van der Waals surface area (Å²) in [5, 5.41) is 8.39. The smallest absolute Gasteiger partial charge is 0.245 e. The molecule has 1 saturated carbocycles. The molecule has 2 heterocycles. The fourth-order valence-corrected chi connectivity index (χ4v) is 5.36. The first-order valence-electron chi connectivity index (χ1n) is 9.86. The van der Waals surface area contributed by atoms with E-state index in [0.717, 1.165) is 31.2 Å². The molecule has 1 unspecified atom stereocenters. The minimum absolute atomic E-state index is 0.0649. The van der Waals surface area contributed by atoms with Gasteiger partial charge in [-0.1, -0.05) is 24.3 Å². The highest BCUT2D eigenvalue weighted by atomic mass is 32.2. The molecule has 10 nitrogen and oxygen atoms in total. The lowest BCUT2D eigenvalue weighted by Gasteiger charge is -2.39. The summed E-state index contributed by atoms with van der Waals surface area (Å²) in [6, 6.07) is 7.49. The van der Waals surface area contributed by atoms with Gasteiger partial charge in [0.05, 0.1) is 5.75 Å². The van der Waals surface area contributed by atoms with Gasteiger partial charge in [0.15, 0.2) is 5.82 Å². The van der Waals surface area contributed by atoms with E-state index in [4.69, 9.17) is 27.1 Å². The minimum Gasteiger partial charge on any atom is -0.438 e. The van der Waals surface area contributed by atoms with Crippen molar-refractivity contribution >= 4 is 21.5 Å². The van der Waals surface area contributed by atoms with Crippen molar-refractivity contribution in [2.45, 2.75) is 43.5 Å². The number of hydrogen-bond donors (Lipinski definition) is 5. The minimum atomic E-state index is -3.42. The zero-order valence-electron chi connectivity index (χ0n) is 16.5. The van der Waals surface area contributed by atoms with Crippen LogP contribution < -0.4 is 32.4 Å². The molecular formula is C19H27N7O3S. The Bertz CT molecular complexity index is 1020. The molecule has 1 atom stereocenters. The van der Waals surface area contributed by atoms with Crippen LogP contribution in [0.25, 0.3) is 0 Å². The average Bonchev–Trinajstić information content (AvgIpc) is 2.67. The Morgan fingerprint density at radius 3 is 2.33 bits per heavy atom. The third-order valence-corrected chi connectivity index (χ3v) is 6.85. The predicted octanol–water partition coefficient (Wildman–Crippen LogP) is 0.738. The van der Waals surface area contributed by atoms with Gasteiger partial charge < -0.3 is 15.8 Å².